The summed E-state index contributed by atoms with van der Waals surface area (Å²) in [5.41, 5.74) is 0.0472. The SMILES string of the molecule is CC(C)[C@@](C)(C#N)NC(=O)[C@H](C)Sc1n[nH]c(-c2ccccc2)n1. The summed E-state index contributed by atoms with van der Waals surface area (Å²) in [7, 11) is 0. The Morgan fingerprint density at radius 2 is 2.00 bits per heavy atom. The fraction of sp³-hybridized carbons (Fsp3) is 0.412. The second-order valence-corrected chi connectivity index (χ2v) is 7.36. The van der Waals surface area contributed by atoms with E-state index in [1.165, 1.54) is 11.8 Å². The van der Waals surface area contributed by atoms with Crippen molar-refractivity contribution in [2.75, 3.05) is 0 Å². The molecule has 6 nitrogen and oxygen atoms in total. The number of thioether (sulfide) groups is 1. The predicted molar refractivity (Wildman–Crippen MR) is 94.1 cm³/mol. The van der Waals surface area contributed by atoms with Crippen LogP contribution in [-0.2, 0) is 4.79 Å². The van der Waals surface area contributed by atoms with Gasteiger partial charge in [0.1, 0.15) is 5.54 Å². The summed E-state index contributed by atoms with van der Waals surface area (Å²) in [4.78, 5) is 16.8. The van der Waals surface area contributed by atoms with Crippen molar-refractivity contribution in [3.8, 4) is 17.5 Å². The first kappa shape index (κ1) is 18.0. The van der Waals surface area contributed by atoms with Crippen molar-refractivity contribution in [3.63, 3.8) is 0 Å². The Kier molecular flexibility index (Phi) is 5.62. The quantitative estimate of drug-likeness (QED) is 0.786. The van der Waals surface area contributed by atoms with Crippen LogP contribution in [0.5, 0.6) is 0 Å². The first-order valence-electron chi connectivity index (χ1n) is 7.73. The summed E-state index contributed by atoms with van der Waals surface area (Å²) in [6.45, 7) is 7.31. The predicted octanol–water partition coefficient (Wildman–Crippen LogP) is 3.01. The molecule has 0 saturated heterocycles. The second-order valence-electron chi connectivity index (χ2n) is 6.05. The number of carbonyl (C=O) groups excluding carboxylic acids is 1. The molecule has 0 spiro atoms. The minimum Gasteiger partial charge on any atom is -0.337 e. The Morgan fingerprint density at radius 3 is 2.58 bits per heavy atom. The van der Waals surface area contributed by atoms with E-state index in [-0.39, 0.29) is 11.8 Å². The van der Waals surface area contributed by atoms with Crippen LogP contribution in [0.3, 0.4) is 0 Å². The Balaban J connectivity index is 2.02. The lowest BCUT2D eigenvalue weighted by molar-refractivity contribution is -0.121. The number of nitriles is 1. The smallest absolute Gasteiger partial charge is 0.234 e. The van der Waals surface area contributed by atoms with Crippen LogP contribution < -0.4 is 5.32 Å². The summed E-state index contributed by atoms with van der Waals surface area (Å²) in [5, 5.41) is 19.2. The van der Waals surface area contributed by atoms with E-state index in [0.717, 1.165) is 5.56 Å². The third-order valence-corrected chi connectivity index (χ3v) is 4.89. The molecule has 0 unspecified atom stereocenters. The van der Waals surface area contributed by atoms with Gasteiger partial charge in [-0.05, 0) is 19.8 Å². The first-order valence-corrected chi connectivity index (χ1v) is 8.61. The molecule has 0 radical (unpaired) electrons. The number of amides is 1. The van der Waals surface area contributed by atoms with Crippen molar-refractivity contribution in [1.82, 2.24) is 20.5 Å². The van der Waals surface area contributed by atoms with Gasteiger partial charge in [-0.1, -0.05) is 55.9 Å². The van der Waals surface area contributed by atoms with Crippen molar-refractivity contribution in [2.24, 2.45) is 5.92 Å². The topological polar surface area (TPSA) is 94.5 Å². The van der Waals surface area contributed by atoms with E-state index < -0.39 is 10.8 Å². The standard InChI is InChI=1S/C17H21N5OS/c1-11(2)17(4,10-18)20-15(23)12(3)24-16-19-14(21-22-16)13-8-6-5-7-9-13/h5-9,11-12H,1-4H3,(H,20,23)(H,19,21,22)/t12-,17+/m0/s1. The van der Waals surface area contributed by atoms with Crippen molar-refractivity contribution in [1.29, 1.82) is 5.26 Å². The van der Waals surface area contributed by atoms with Gasteiger partial charge in [-0.2, -0.15) is 5.26 Å². The molecule has 1 heterocycles. The van der Waals surface area contributed by atoms with Crippen LogP contribution in [0.25, 0.3) is 11.4 Å². The Morgan fingerprint density at radius 1 is 1.33 bits per heavy atom. The monoisotopic (exact) mass is 343 g/mol. The van der Waals surface area contributed by atoms with E-state index in [0.29, 0.717) is 11.0 Å². The van der Waals surface area contributed by atoms with E-state index in [2.05, 4.69) is 26.6 Å². The van der Waals surface area contributed by atoms with Crippen LogP contribution in [0.15, 0.2) is 35.5 Å². The molecular weight excluding hydrogens is 322 g/mol. The van der Waals surface area contributed by atoms with Crippen molar-refractivity contribution < 1.29 is 4.79 Å². The van der Waals surface area contributed by atoms with Gasteiger partial charge in [-0.15, -0.1) is 5.10 Å². The Bertz CT molecular complexity index is 737. The highest BCUT2D eigenvalue weighted by molar-refractivity contribution is 8.00. The Labute approximate surface area is 146 Å². The summed E-state index contributed by atoms with van der Waals surface area (Å²) in [6.07, 6.45) is 0. The fourth-order valence-electron chi connectivity index (χ4n) is 1.89. The number of aromatic amines is 1. The zero-order valence-corrected chi connectivity index (χ0v) is 15.0. The van der Waals surface area contributed by atoms with Crippen molar-refractivity contribution in [3.05, 3.63) is 30.3 Å². The second kappa shape index (κ2) is 7.49. The molecule has 0 fully saturated rings. The zero-order chi connectivity index (χ0) is 17.7. The average molecular weight is 343 g/mol. The van der Waals surface area contributed by atoms with Gasteiger partial charge in [0.05, 0.1) is 11.3 Å². The maximum absolute atomic E-state index is 12.4. The molecule has 0 aliphatic heterocycles. The first-order chi connectivity index (χ1) is 11.4. The van der Waals surface area contributed by atoms with Crippen LogP contribution in [0.2, 0.25) is 0 Å². The van der Waals surface area contributed by atoms with Crippen LogP contribution in [0, 0.1) is 17.2 Å². The average Bonchev–Trinajstić information content (AvgIpc) is 3.03. The van der Waals surface area contributed by atoms with Gasteiger partial charge in [-0.3, -0.25) is 9.89 Å². The summed E-state index contributed by atoms with van der Waals surface area (Å²) >= 11 is 1.26. The maximum atomic E-state index is 12.4. The molecule has 0 bridgehead atoms. The van der Waals surface area contributed by atoms with Gasteiger partial charge in [-0.25, -0.2) is 4.98 Å². The molecule has 2 rings (SSSR count). The van der Waals surface area contributed by atoms with Gasteiger partial charge < -0.3 is 5.32 Å². The lowest BCUT2D eigenvalue weighted by Gasteiger charge is -2.28. The lowest BCUT2D eigenvalue weighted by atomic mass is 9.90. The van der Waals surface area contributed by atoms with Crippen LogP contribution >= 0.6 is 11.8 Å². The van der Waals surface area contributed by atoms with Crippen LogP contribution in [-0.4, -0.2) is 31.9 Å². The molecule has 2 atom stereocenters. The lowest BCUT2D eigenvalue weighted by Crippen LogP contribution is -2.51. The number of aromatic nitrogens is 3. The third kappa shape index (κ3) is 4.15. The molecule has 1 amide bonds. The van der Waals surface area contributed by atoms with Gasteiger partial charge in [0, 0.05) is 5.56 Å². The van der Waals surface area contributed by atoms with E-state index >= 15 is 0 Å². The van der Waals surface area contributed by atoms with Crippen LogP contribution in [0.1, 0.15) is 27.7 Å². The molecule has 24 heavy (non-hydrogen) atoms. The fourth-order valence-corrected chi connectivity index (χ4v) is 2.62. The van der Waals surface area contributed by atoms with Crippen molar-refractivity contribution >= 4 is 17.7 Å². The number of rotatable bonds is 6. The van der Waals surface area contributed by atoms with Gasteiger partial charge >= 0.3 is 0 Å². The van der Waals surface area contributed by atoms with E-state index in [4.69, 9.17) is 0 Å². The highest BCUT2D eigenvalue weighted by Gasteiger charge is 2.32. The van der Waals surface area contributed by atoms with Gasteiger partial charge in [0.2, 0.25) is 11.1 Å². The minimum absolute atomic E-state index is 0.0110. The number of carbonyl (C=O) groups is 1. The minimum atomic E-state index is -0.889. The highest BCUT2D eigenvalue weighted by Crippen LogP contribution is 2.24. The summed E-state index contributed by atoms with van der Waals surface area (Å²) < 4.78 is 0. The number of hydrogen-bond donors (Lipinski definition) is 2. The largest absolute Gasteiger partial charge is 0.337 e. The molecule has 7 heteroatoms. The molecule has 2 N–H and O–H groups in total. The molecule has 0 aliphatic carbocycles. The number of benzene rings is 1. The normalized spacial score (nSPS) is 14.7. The number of nitrogens with zero attached hydrogens (tertiary/aromatic N) is 3. The maximum Gasteiger partial charge on any atom is 0.234 e. The third-order valence-electron chi connectivity index (χ3n) is 3.93. The van der Waals surface area contributed by atoms with Crippen LogP contribution in [0.4, 0.5) is 0 Å². The molecule has 1 aromatic heterocycles. The molecule has 0 saturated carbocycles. The molecule has 2 aromatic rings. The molecule has 126 valence electrons. The number of nitrogens with one attached hydrogen (secondary N) is 2. The van der Waals surface area contributed by atoms with E-state index in [1.807, 2.05) is 44.2 Å². The molecular formula is C17H21N5OS. The summed E-state index contributed by atoms with van der Waals surface area (Å²) in [5.74, 6) is 0.468. The highest BCUT2D eigenvalue weighted by atomic mass is 32.2. The van der Waals surface area contributed by atoms with E-state index in [9.17, 15) is 10.1 Å². The van der Waals surface area contributed by atoms with Gasteiger partial charge in [0.15, 0.2) is 5.82 Å². The Hall–Kier alpha value is -2.33. The molecule has 1 aromatic carbocycles. The number of hydrogen-bond acceptors (Lipinski definition) is 5. The summed E-state index contributed by atoms with van der Waals surface area (Å²) in [6, 6.07) is 11.8. The van der Waals surface area contributed by atoms with Crippen molar-refractivity contribution in [2.45, 2.75) is 43.6 Å². The number of H-pyrrole nitrogens is 1. The van der Waals surface area contributed by atoms with Gasteiger partial charge in [0.25, 0.3) is 0 Å². The molecule has 0 aliphatic rings. The zero-order valence-electron chi connectivity index (χ0n) is 14.2. The van der Waals surface area contributed by atoms with E-state index in [1.54, 1.807) is 13.8 Å².